The van der Waals surface area contributed by atoms with Crippen LogP contribution in [0.3, 0.4) is 0 Å². The third kappa shape index (κ3) is 2.50. The van der Waals surface area contributed by atoms with Crippen molar-refractivity contribution in [2.24, 2.45) is 0 Å². The van der Waals surface area contributed by atoms with Gasteiger partial charge in [0, 0.05) is 31.5 Å². The zero-order valence-corrected chi connectivity index (χ0v) is 12.7. The van der Waals surface area contributed by atoms with Crippen molar-refractivity contribution in [1.82, 2.24) is 19.7 Å². The molecule has 116 valence electrons. The maximum Gasteiger partial charge on any atom is 0.137 e. The molecule has 3 aliphatic rings. The van der Waals surface area contributed by atoms with Crippen LogP contribution >= 0.6 is 0 Å². The van der Waals surface area contributed by atoms with Gasteiger partial charge in [-0.25, -0.2) is 0 Å². The van der Waals surface area contributed by atoms with Gasteiger partial charge >= 0.3 is 0 Å². The molecule has 5 nitrogen and oxygen atoms in total. The smallest absolute Gasteiger partial charge is 0.137 e. The van der Waals surface area contributed by atoms with Crippen LogP contribution in [0.4, 0.5) is 0 Å². The largest absolute Gasteiger partial charge is 0.391 e. The molecule has 3 unspecified atom stereocenters. The lowest BCUT2D eigenvalue weighted by molar-refractivity contribution is 0.00650. The summed E-state index contributed by atoms with van der Waals surface area (Å²) in [5, 5.41) is 19.2. The average molecular weight is 290 g/mol. The molecule has 1 saturated carbocycles. The number of fused-ring (bicyclic) bond motifs is 1. The quantitative estimate of drug-likeness (QED) is 0.901. The van der Waals surface area contributed by atoms with Crippen molar-refractivity contribution in [1.29, 1.82) is 0 Å². The normalized spacial score (nSPS) is 34.0. The number of likely N-dealkylation sites (tertiary alicyclic amines) is 1. The Bertz CT molecular complexity index is 500. The van der Waals surface area contributed by atoms with Gasteiger partial charge in [-0.05, 0) is 38.6 Å². The molecule has 0 amide bonds. The molecule has 1 saturated heterocycles. The SMILES string of the molecule is OC1CCCCC1N1CCCC(c2nnc3n2CCC3)C1. The van der Waals surface area contributed by atoms with Crippen LogP contribution in [-0.4, -0.2) is 50.0 Å². The van der Waals surface area contributed by atoms with Gasteiger partial charge in [0.25, 0.3) is 0 Å². The van der Waals surface area contributed by atoms with E-state index in [1.54, 1.807) is 0 Å². The molecule has 2 aliphatic heterocycles. The Labute approximate surface area is 126 Å². The van der Waals surface area contributed by atoms with Crippen LogP contribution in [0.2, 0.25) is 0 Å². The summed E-state index contributed by atoms with van der Waals surface area (Å²) >= 11 is 0. The fourth-order valence-electron chi connectivity index (χ4n) is 4.51. The fourth-order valence-corrected chi connectivity index (χ4v) is 4.51. The molecule has 1 aliphatic carbocycles. The van der Waals surface area contributed by atoms with Crippen LogP contribution in [-0.2, 0) is 13.0 Å². The molecule has 1 aromatic heterocycles. The van der Waals surface area contributed by atoms with E-state index in [1.807, 2.05) is 0 Å². The van der Waals surface area contributed by atoms with Crippen LogP contribution in [0.25, 0.3) is 0 Å². The van der Waals surface area contributed by atoms with E-state index in [4.69, 9.17) is 0 Å². The molecule has 5 heteroatoms. The summed E-state index contributed by atoms with van der Waals surface area (Å²) in [6, 6.07) is 0.377. The van der Waals surface area contributed by atoms with E-state index in [2.05, 4.69) is 19.7 Å². The Kier molecular flexibility index (Phi) is 3.71. The van der Waals surface area contributed by atoms with Crippen molar-refractivity contribution in [3.8, 4) is 0 Å². The molecule has 2 fully saturated rings. The fraction of sp³-hybridized carbons (Fsp3) is 0.875. The third-order valence-electron chi connectivity index (χ3n) is 5.62. The van der Waals surface area contributed by atoms with Crippen molar-refractivity contribution >= 4 is 0 Å². The number of aliphatic hydroxyl groups excluding tert-OH is 1. The van der Waals surface area contributed by atoms with Gasteiger partial charge in [-0.15, -0.1) is 10.2 Å². The first-order valence-electron chi connectivity index (χ1n) is 8.67. The number of rotatable bonds is 2. The molecule has 1 aromatic rings. The molecule has 4 rings (SSSR count). The topological polar surface area (TPSA) is 54.2 Å². The highest BCUT2D eigenvalue weighted by atomic mass is 16.3. The molecule has 3 atom stereocenters. The van der Waals surface area contributed by atoms with E-state index < -0.39 is 0 Å². The van der Waals surface area contributed by atoms with Gasteiger partial charge in [-0.3, -0.25) is 4.90 Å². The number of aromatic nitrogens is 3. The van der Waals surface area contributed by atoms with Gasteiger partial charge in [-0.1, -0.05) is 12.8 Å². The summed E-state index contributed by atoms with van der Waals surface area (Å²) in [4.78, 5) is 2.54. The minimum atomic E-state index is -0.124. The molecular formula is C16H26N4O. The van der Waals surface area contributed by atoms with Gasteiger partial charge in [0.1, 0.15) is 11.6 Å². The third-order valence-corrected chi connectivity index (χ3v) is 5.62. The van der Waals surface area contributed by atoms with Gasteiger partial charge in [-0.2, -0.15) is 0 Å². The lowest BCUT2D eigenvalue weighted by Crippen LogP contribution is -2.49. The van der Waals surface area contributed by atoms with Crippen LogP contribution in [0, 0.1) is 0 Å². The van der Waals surface area contributed by atoms with Gasteiger partial charge in [0.05, 0.1) is 6.10 Å². The Hall–Kier alpha value is -0.940. The Morgan fingerprint density at radius 3 is 2.76 bits per heavy atom. The van der Waals surface area contributed by atoms with Gasteiger partial charge in [0.15, 0.2) is 0 Å². The second-order valence-corrected chi connectivity index (χ2v) is 6.98. The Morgan fingerprint density at radius 2 is 1.86 bits per heavy atom. The molecule has 0 aromatic carbocycles. The first-order valence-corrected chi connectivity index (χ1v) is 8.67. The average Bonchev–Trinajstić information content (AvgIpc) is 3.10. The lowest BCUT2D eigenvalue weighted by atomic mass is 9.88. The van der Waals surface area contributed by atoms with Gasteiger partial charge < -0.3 is 9.67 Å². The van der Waals surface area contributed by atoms with Crippen LogP contribution in [0.15, 0.2) is 0 Å². The summed E-state index contributed by atoms with van der Waals surface area (Å²) in [6.45, 7) is 3.29. The summed E-state index contributed by atoms with van der Waals surface area (Å²) in [7, 11) is 0. The highest BCUT2D eigenvalue weighted by Gasteiger charge is 2.34. The highest BCUT2D eigenvalue weighted by molar-refractivity contribution is 5.08. The molecule has 0 radical (unpaired) electrons. The molecule has 21 heavy (non-hydrogen) atoms. The van der Waals surface area contributed by atoms with Crippen molar-refractivity contribution in [3.63, 3.8) is 0 Å². The van der Waals surface area contributed by atoms with Crippen molar-refractivity contribution < 1.29 is 5.11 Å². The summed E-state index contributed by atoms with van der Waals surface area (Å²) < 4.78 is 2.35. The van der Waals surface area contributed by atoms with Crippen molar-refractivity contribution in [2.75, 3.05) is 13.1 Å². The summed E-state index contributed by atoms with van der Waals surface area (Å²) in [5.74, 6) is 2.89. The van der Waals surface area contributed by atoms with E-state index in [1.165, 1.54) is 43.8 Å². The maximum absolute atomic E-state index is 10.3. The van der Waals surface area contributed by atoms with Crippen LogP contribution < -0.4 is 0 Å². The zero-order chi connectivity index (χ0) is 14.2. The number of aryl methyl sites for hydroxylation is 1. The van der Waals surface area contributed by atoms with Crippen molar-refractivity contribution in [2.45, 2.75) is 76.0 Å². The Morgan fingerprint density at radius 1 is 0.952 bits per heavy atom. The number of piperidine rings is 1. The van der Waals surface area contributed by atoms with Gasteiger partial charge in [0.2, 0.25) is 0 Å². The minimum absolute atomic E-state index is 0.124. The molecule has 0 bridgehead atoms. The van der Waals surface area contributed by atoms with E-state index in [-0.39, 0.29) is 6.10 Å². The first kappa shape index (κ1) is 13.7. The van der Waals surface area contributed by atoms with E-state index in [0.717, 1.165) is 38.9 Å². The summed E-state index contributed by atoms with van der Waals surface area (Å²) in [5.41, 5.74) is 0. The summed E-state index contributed by atoms with van der Waals surface area (Å²) in [6.07, 6.45) is 9.21. The molecule has 1 N–H and O–H groups in total. The highest BCUT2D eigenvalue weighted by Crippen LogP contribution is 2.32. The molecular weight excluding hydrogens is 264 g/mol. The molecule has 3 heterocycles. The van der Waals surface area contributed by atoms with Crippen molar-refractivity contribution in [3.05, 3.63) is 11.6 Å². The van der Waals surface area contributed by atoms with E-state index in [9.17, 15) is 5.11 Å². The Balaban J connectivity index is 1.49. The second kappa shape index (κ2) is 5.69. The predicted octanol–water partition coefficient (Wildman–Crippen LogP) is 1.71. The number of aliphatic hydroxyl groups is 1. The first-order chi connectivity index (χ1) is 10.3. The number of hydrogen-bond donors (Lipinski definition) is 1. The number of nitrogens with zero attached hydrogens (tertiary/aromatic N) is 4. The minimum Gasteiger partial charge on any atom is -0.391 e. The molecule has 0 spiro atoms. The standard InChI is InChI=1S/C16H26N4O/c21-14-7-2-1-6-13(14)19-9-3-5-12(11-19)16-18-17-15-8-4-10-20(15)16/h12-14,21H,1-11H2. The zero-order valence-electron chi connectivity index (χ0n) is 12.7. The monoisotopic (exact) mass is 290 g/mol. The maximum atomic E-state index is 10.3. The number of hydrogen-bond acceptors (Lipinski definition) is 4. The lowest BCUT2D eigenvalue weighted by Gasteiger charge is -2.41. The van der Waals surface area contributed by atoms with Crippen LogP contribution in [0.1, 0.15) is 62.5 Å². The second-order valence-electron chi connectivity index (χ2n) is 6.98. The predicted molar refractivity (Wildman–Crippen MR) is 80.2 cm³/mol. The van der Waals surface area contributed by atoms with E-state index in [0.29, 0.717) is 12.0 Å². The van der Waals surface area contributed by atoms with Crippen LogP contribution in [0.5, 0.6) is 0 Å². The van der Waals surface area contributed by atoms with E-state index >= 15 is 0 Å².